The van der Waals surface area contributed by atoms with Gasteiger partial charge in [0.1, 0.15) is 0 Å². The molecule has 1 saturated heterocycles. The molecule has 2 aromatic rings. The fourth-order valence-corrected chi connectivity index (χ4v) is 4.61. The Balaban J connectivity index is 1.86. The number of aryl methyl sites for hydroxylation is 1. The van der Waals surface area contributed by atoms with Crippen molar-refractivity contribution >= 4 is 37.5 Å². The quantitative estimate of drug-likeness (QED) is 0.785. The van der Waals surface area contributed by atoms with Gasteiger partial charge in [0.15, 0.2) is 0 Å². The first-order chi connectivity index (χ1) is 12.3. The Hall–Kier alpha value is -1.86. The van der Waals surface area contributed by atoms with Gasteiger partial charge in [-0.2, -0.15) is 0 Å². The van der Waals surface area contributed by atoms with Crippen LogP contribution >= 0.6 is 15.9 Å². The van der Waals surface area contributed by atoms with Crippen LogP contribution in [0.5, 0.6) is 0 Å². The van der Waals surface area contributed by atoms with Gasteiger partial charge in [-0.05, 0) is 71.1 Å². The topological polar surface area (TPSA) is 66.5 Å². The van der Waals surface area contributed by atoms with Gasteiger partial charge in [-0.15, -0.1) is 0 Å². The number of halogens is 1. The first kappa shape index (κ1) is 18.9. The molecule has 1 aliphatic rings. The lowest BCUT2D eigenvalue weighted by atomic mass is 10.2. The van der Waals surface area contributed by atoms with Crippen molar-refractivity contribution in [2.24, 2.45) is 5.92 Å². The number of sulfonamides is 1. The number of hydrogen-bond acceptors (Lipinski definition) is 3. The SMILES string of the molecule is Cc1ccc(Br)c(NS(=O)(=O)c2cccc(C(=O)N3CCC(C)C3)c2)c1. The molecule has 0 radical (unpaired) electrons. The third-order valence-electron chi connectivity index (χ3n) is 4.47. The van der Waals surface area contributed by atoms with E-state index in [4.69, 9.17) is 0 Å². The van der Waals surface area contributed by atoms with Crippen molar-refractivity contribution < 1.29 is 13.2 Å². The van der Waals surface area contributed by atoms with E-state index < -0.39 is 10.0 Å². The van der Waals surface area contributed by atoms with Gasteiger partial charge in [-0.25, -0.2) is 8.42 Å². The highest BCUT2D eigenvalue weighted by Crippen LogP contribution is 2.27. The third kappa shape index (κ3) is 4.10. The van der Waals surface area contributed by atoms with Gasteiger partial charge in [0.05, 0.1) is 10.6 Å². The first-order valence-electron chi connectivity index (χ1n) is 8.44. The van der Waals surface area contributed by atoms with E-state index in [1.165, 1.54) is 12.1 Å². The molecule has 1 unspecified atom stereocenters. The highest BCUT2D eigenvalue weighted by atomic mass is 79.9. The summed E-state index contributed by atoms with van der Waals surface area (Å²) in [5.41, 5.74) is 1.80. The smallest absolute Gasteiger partial charge is 0.261 e. The minimum Gasteiger partial charge on any atom is -0.338 e. The van der Waals surface area contributed by atoms with Crippen molar-refractivity contribution in [3.05, 3.63) is 58.1 Å². The molecule has 1 heterocycles. The van der Waals surface area contributed by atoms with Crippen LogP contribution in [0.3, 0.4) is 0 Å². The van der Waals surface area contributed by atoms with Crippen LogP contribution in [0.15, 0.2) is 51.8 Å². The molecule has 1 atom stereocenters. The van der Waals surface area contributed by atoms with Crippen molar-refractivity contribution in [2.45, 2.75) is 25.2 Å². The molecule has 7 heteroatoms. The summed E-state index contributed by atoms with van der Waals surface area (Å²) >= 11 is 3.36. The van der Waals surface area contributed by atoms with E-state index in [0.29, 0.717) is 34.7 Å². The van der Waals surface area contributed by atoms with E-state index in [-0.39, 0.29) is 10.8 Å². The molecule has 0 aromatic heterocycles. The van der Waals surface area contributed by atoms with Crippen LogP contribution in [0.4, 0.5) is 5.69 Å². The zero-order valence-electron chi connectivity index (χ0n) is 14.7. The molecule has 2 aromatic carbocycles. The number of carbonyl (C=O) groups excluding carboxylic acids is 1. The van der Waals surface area contributed by atoms with Crippen molar-refractivity contribution in [3.8, 4) is 0 Å². The second-order valence-electron chi connectivity index (χ2n) is 6.76. The minimum absolute atomic E-state index is 0.0731. The lowest BCUT2D eigenvalue weighted by molar-refractivity contribution is 0.0788. The molecular weight excluding hydrogens is 416 g/mol. The Labute approximate surface area is 162 Å². The number of carbonyl (C=O) groups is 1. The van der Waals surface area contributed by atoms with Gasteiger partial charge >= 0.3 is 0 Å². The van der Waals surface area contributed by atoms with Crippen LogP contribution in [0.1, 0.15) is 29.3 Å². The van der Waals surface area contributed by atoms with E-state index >= 15 is 0 Å². The normalized spacial score (nSPS) is 17.3. The minimum atomic E-state index is -3.79. The summed E-state index contributed by atoms with van der Waals surface area (Å²) in [6.07, 6.45) is 0.979. The van der Waals surface area contributed by atoms with Gasteiger partial charge in [-0.3, -0.25) is 9.52 Å². The van der Waals surface area contributed by atoms with E-state index in [2.05, 4.69) is 27.6 Å². The first-order valence-corrected chi connectivity index (χ1v) is 10.7. The lowest BCUT2D eigenvalue weighted by Gasteiger charge is -2.16. The van der Waals surface area contributed by atoms with Crippen LogP contribution in [0.25, 0.3) is 0 Å². The summed E-state index contributed by atoms with van der Waals surface area (Å²) in [7, 11) is -3.79. The number of rotatable bonds is 4. The van der Waals surface area contributed by atoms with Gasteiger partial charge in [0, 0.05) is 23.1 Å². The van der Waals surface area contributed by atoms with Crippen LogP contribution in [0, 0.1) is 12.8 Å². The molecule has 3 rings (SSSR count). The maximum absolute atomic E-state index is 12.8. The maximum Gasteiger partial charge on any atom is 0.261 e. The predicted octanol–water partition coefficient (Wildman–Crippen LogP) is 4.04. The van der Waals surface area contributed by atoms with Gasteiger partial charge in [0.2, 0.25) is 0 Å². The molecule has 1 aliphatic heterocycles. The molecule has 0 saturated carbocycles. The Kier molecular flexibility index (Phi) is 5.39. The van der Waals surface area contributed by atoms with Crippen molar-refractivity contribution in [2.75, 3.05) is 17.8 Å². The maximum atomic E-state index is 12.8. The fourth-order valence-electron chi connectivity index (χ4n) is 3.02. The zero-order valence-corrected chi connectivity index (χ0v) is 17.1. The monoisotopic (exact) mass is 436 g/mol. The Bertz CT molecular complexity index is 944. The van der Waals surface area contributed by atoms with Crippen LogP contribution < -0.4 is 4.72 Å². The summed E-state index contributed by atoms with van der Waals surface area (Å²) in [6, 6.07) is 11.6. The second-order valence-corrected chi connectivity index (χ2v) is 9.30. The standard InChI is InChI=1S/C19H21BrN2O3S/c1-13-6-7-17(20)18(10-13)21-26(24,25)16-5-3-4-15(11-16)19(23)22-9-8-14(2)12-22/h3-7,10-11,14,21H,8-9,12H2,1-2H3. The predicted molar refractivity (Wildman–Crippen MR) is 106 cm³/mol. The molecule has 5 nitrogen and oxygen atoms in total. The summed E-state index contributed by atoms with van der Waals surface area (Å²) in [5.74, 6) is 0.356. The summed E-state index contributed by atoms with van der Waals surface area (Å²) < 4.78 is 28.8. The highest BCUT2D eigenvalue weighted by Gasteiger charge is 2.25. The molecule has 0 spiro atoms. The van der Waals surface area contributed by atoms with E-state index in [9.17, 15) is 13.2 Å². The number of nitrogens with one attached hydrogen (secondary N) is 1. The third-order valence-corrected chi connectivity index (χ3v) is 6.52. The number of anilines is 1. The molecule has 1 N–H and O–H groups in total. The van der Waals surface area contributed by atoms with Gasteiger partial charge < -0.3 is 4.90 Å². The van der Waals surface area contributed by atoms with Crippen molar-refractivity contribution in [3.63, 3.8) is 0 Å². The molecule has 0 bridgehead atoms. The van der Waals surface area contributed by atoms with E-state index in [1.807, 2.05) is 13.0 Å². The number of likely N-dealkylation sites (tertiary alicyclic amines) is 1. The van der Waals surface area contributed by atoms with E-state index in [0.717, 1.165) is 12.0 Å². The van der Waals surface area contributed by atoms with Gasteiger partial charge in [0.25, 0.3) is 15.9 Å². The van der Waals surface area contributed by atoms with E-state index in [1.54, 1.807) is 29.2 Å². The van der Waals surface area contributed by atoms with Crippen LogP contribution in [-0.4, -0.2) is 32.3 Å². The highest BCUT2D eigenvalue weighted by molar-refractivity contribution is 9.10. The molecule has 1 fully saturated rings. The summed E-state index contributed by atoms with van der Waals surface area (Å²) in [6.45, 7) is 5.42. The second kappa shape index (κ2) is 7.40. The molecule has 1 amide bonds. The average molecular weight is 437 g/mol. The van der Waals surface area contributed by atoms with Crippen molar-refractivity contribution in [1.29, 1.82) is 0 Å². The molecular formula is C19H21BrN2O3S. The van der Waals surface area contributed by atoms with Gasteiger partial charge in [-0.1, -0.05) is 19.1 Å². The number of nitrogens with zero attached hydrogens (tertiary/aromatic N) is 1. The van der Waals surface area contributed by atoms with Crippen LogP contribution in [-0.2, 0) is 10.0 Å². The number of hydrogen-bond donors (Lipinski definition) is 1. The average Bonchev–Trinajstić information content (AvgIpc) is 3.04. The summed E-state index contributed by atoms with van der Waals surface area (Å²) in [5, 5.41) is 0. The molecule has 0 aliphatic carbocycles. The Morgan fingerprint density at radius 2 is 2.00 bits per heavy atom. The molecule has 138 valence electrons. The lowest BCUT2D eigenvalue weighted by Crippen LogP contribution is -2.28. The summed E-state index contributed by atoms with van der Waals surface area (Å²) in [4.78, 5) is 14.5. The fraction of sp³-hybridized carbons (Fsp3) is 0.316. The number of amides is 1. The van der Waals surface area contributed by atoms with Crippen molar-refractivity contribution in [1.82, 2.24) is 4.90 Å². The Morgan fingerprint density at radius 1 is 1.23 bits per heavy atom. The Morgan fingerprint density at radius 3 is 2.69 bits per heavy atom. The molecule has 26 heavy (non-hydrogen) atoms. The zero-order chi connectivity index (χ0) is 18.9. The van der Waals surface area contributed by atoms with Crippen LogP contribution in [0.2, 0.25) is 0 Å². The number of benzene rings is 2. The largest absolute Gasteiger partial charge is 0.338 e.